The Morgan fingerprint density at radius 3 is 2.57 bits per heavy atom. The fourth-order valence-corrected chi connectivity index (χ4v) is 1.96. The number of hydrogen-bond donors (Lipinski definition) is 1. The molecule has 1 heterocycles. The quantitative estimate of drug-likeness (QED) is 0.886. The summed E-state index contributed by atoms with van der Waals surface area (Å²) in [5, 5.41) is 2.80. The first-order valence-corrected chi connectivity index (χ1v) is 6.93. The molecule has 1 amide bonds. The Bertz CT molecular complexity index is 602. The molecule has 0 bridgehead atoms. The van der Waals surface area contributed by atoms with Crippen LogP contribution in [0.2, 0.25) is 0 Å². The first kappa shape index (κ1) is 15.1. The Morgan fingerprint density at radius 2 is 1.95 bits per heavy atom. The maximum absolute atomic E-state index is 11.7. The minimum atomic E-state index is -0.149. The summed E-state index contributed by atoms with van der Waals surface area (Å²) in [4.78, 5) is 15.9. The number of aryl methyl sites for hydroxylation is 3. The van der Waals surface area contributed by atoms with Gasteiger partial charge in [0.15, 0.2) is 12.5 Å². The van der Waals surface area contributed by atoms with E-state index in [4.69, 9.17) is 9.15 Å². The molecule has 5 heteroatoms. The average Bonchev–Trinajstić information content (AvgIpc) is 2.76. The van der Waals surface area contributed by atoms with Crippen molar-refractivity contribution >= 4 is 5.91 Å². The molecule has 21 heavy (non-hydrogen) atoms. The van der Waals surface area contributed by atoms with Crippen molar-refractivity contribution in [1.82, 2.24) is 10.3 Å². The van der Waals surface area contributed by atoms with Crippen LogP contribution in [-0.2, 0) is 11.2 Å². The van der Waals surface area contributed by atoms with Crippen molar-refractivity contribution in [2.24, 2.45) is 0 Å². The van der Waals surface area contributed by atoms with E-state index < -0.39 is 0 Å². The van der Waals surface area contributed by atoms with Crippen molar-refractivity contribution < 1.29 is 13.9 Å². The number of carbonyl (C=O) groups is 1. The molecule has 0 aliphatic rings. The van der Waals surface area contributed by atoms with Gasteiger partial charge < -0.3 is 14.5 Å². The number of benzene rings is 1. The molecule has 0 atom stereocenters. The van der Waals surface area contributed by atoms with Gasteiger partial charge in [-0.25, -0.2) is 4.98 Å². The first-order chi connectivity index (χ1) is 10.0. The van der Waals surface area contributed by atoms with Crippen LogP contribution < -0.4 is 10.1 Å². The SMILES string of the molecule is Cc1ccc(OCC(=O)NCCc2oc(C)nc2C)cc1. The standard InChI is InChI=1S/C16H20N2O3/c1-11-4-6-14(7-5-11)20-10-16(19)17-9-8-15-12(2)18-13(3)21-15/h4-7H,8-10H2,1-3H3,(H,17,19). The maximum atomic E-state index is 11.7. The molecular weight excluding hydrogens is 268 g/mol. The zero-order valence-electron chi connectivity index (χ0n) is 12.6. The smallest absolute Gasteiger partial charge is 0.257 e. The van der Waals surface area contributed by atoms with Gasteiger partial charge in [-0.1, -0.05) is 17.7 Å². The minimum absolute atomic E-state index is 0.0114. The van der Waals surface area contributed by atoms with E-state index in [0.717, 1.165) is 17.0 Å². The lowest BCUT2D eigenvalue weighted by molar-refractivity contribution is -0.123. The number of amides is 1. The number of hydrogen-bond acceptors (Lipinski definition) is 4. The topological polar surface area (TPSA) is 64.4 Å². The highest BCUT2D eigenvalue weighted by Crippen LogP contribution is 2.11. The summed E-state index contributed by atoms with van der Waals surface area (Å²) in [5.74, 6) is 2.01. The molecule has 112 valence electrons. The zero-order valence-corrected chi connectivity index (χ0v) is 12.6. The van der Waals surface area contributed by atoms with Gasteiger partial charge in [0.1, 0.15) is 11.5 Å². The average molecular weight is 288 g/mol. The van der Waals surface area contributed by atoms with Crippen molar-refractivity contribution in [1.29, 1.82) is 0 Å². The predicted molar refractivity (Wildman–Crippen MR) is 79.4 cm³/mol. The normalized spacial score (nSPS) is 10.4. The van der Waals surface area contributed by atoms with Gasteiger partial charge in [0.2, 0.25) is 0 Å². The molecule has 0 radical (unpaired) electrons. The van der Waals surface area contributed by atoms with Crippen LogP contribution in [0.1, 0.15) is 22.9 Å². The second kappa shape index (κ2) is 6.92. The lowest BCUT2D eigenvalue weighted by Crippen LogP contribution is -2.30. The summed E-state index contributed by atoms with van der Waals surface area (Å²) < 4.78 is 10.8. The molecule has 0 spiro atoms. The van der Waals surface area contributed by atoms with E-state index in [9.17, 15) is 4.79 Å². The van der Waals surface area contributed by atoms with E-state index in [-0.39, 0.29) is 12.5 Å². The van der Waals surface area contributed by atoms with E-state index in [1.165, 1.54) is 0 Å². The van der Waals surface area contributed by atoms with Crippen molar-refractivity contribution in [3.63, 3.8) is 0 Å². The summed E-state index contributed by atoms with van der Waals surface area (Å²) >= 11 is 0. The van der Waals surface area contributed by atoms with Crippen molar-refractivity contribution in [3.05, 3.63) is 47.2 Å². The fourth-order valence-electron chi connectivity index (χ4n) is 1.96. The van der Waals surface area contributed by atoms with Gasteiger partial charge in [-0.05, 0) is 26.0 Å². The summed E-state index contributed by atoms with van der Waals surface area (Å²) in [6.45, 7) is 6.23. The van der Waals surface area contributed by atoms with Crippen LogP contribution in [0.25, 0.3) is 0 Å². The molecule has 5 nitrogen and oxygen atoms in total. The van der Waals surface area contributed by atoms with Gasteiger partial charge in [-0.15, -0.1) is 0 Å². The summed E-state index contributed by atoms with van der Waals surface area (Å²) in [5.41, 5.74) is 2.03. The Kier molecular flexibility index (Phi) is 4.98. The molecule has 2 rings (SSSR count). The molecule has 0 fully saturated rings. The van der Waals surface area contributed by atoms with E-state index in [0.29, 0.717) is 24.6 Å². The number of oxazole rings is 1. The Labute approximate surface area is 124 Å². The van der Waals surface area contributed by atoms with E-state index in [1.54, 1.807) is 0 Å². The fraction of sp³-hybridized carbons (Fsp3) is 0.375. The molecule has 0 aliphatic carbocycles. The Morgan fingerprint density at radius 1 is 1.24 bits per heavy atom. The summed E-state index contributed by atoms with van der Waals surface area (Å²) in [6, 6.07) is 7.59. The van der Waals surface area contributed by atoms with E-state index >= 15 is 0 Å². The molecular formula is C16H20N2O3. The Balaban J connectivity index is 1.70. The highest BCUT2D eigenvalue weighted by molar-refractivity contribution is 5.77. The zero-order chi connectivity index (χ0) is 15.2. The van der Waals surface area contributed by atoms with Gasteiger partial charge in [0, 0.05) is 19.9 Å². The third kappa shape index (κ3) is 4.63. The van der Waals surface area contributed by atoms with Crippen LogP contribution in [0.4, 0.5) is 0 Å². The number of carbonyl (C=O) groups excluding carboxylic acids is 1. The molecule has 0 aliphatic heterocycles. The van der Waals surface area contributed by atoms with Crippen molar-refractivity contribution in [3.8, 4) is 5.75 Å². The lowest BCUT2D eigenvalue weighted by Gasteiger charge is -2.07. The van der Waals surface area contributed by atoms with E-state index in [2.05, 4.69) is 10.3 Å². The minimum Gasteiger partial charge on any atom is -0.484 e. The highest BCUT2D eigenvalue weighted by atomic mass is 16.5. The second-order valence-electron chi connectivity index (χ2n) is 4.94. The molecule has 1 N–H and O–H groups in total. The largest absolute Gasteiger partial charge is 0.484 e. The Hall–Kier alpha value is -2.30. The third-order valence-electron chi connectivity index (χ3n) is 3.06. The number of ether oxygens (including phenoxy) is 1. The molecule has 1 aromatic carbocycles. The summed E-state index contributed by atoms with van der Waals surface area (Å²) in [6.07, 6.45) is 0.628. The van der Waals surface area contributed by atoms with Crippen LogP contribution >= 0.6 is 0 Å². The number of rotatable bonds is 6. The molecule has 0 unspecified atom stereocenters. The van der Waals surface area contributed by atoms with Gasteiger partial charge >= 0.3 is 0 Å². The van der Waals surface area contributed by atoms with Crippen LogP contribution in [-0.4, -0.2) is 24.0 Å². The van der Waals surface area contributed by atoms with E-state index in [1.807, 2.05) is 45.0 Å². The van der Waals surface area contributed by atoms with Gasteiger partial charge in [0.05, 0.1) is 5.69 Å². The molecule has 1 aromatic heterocycles. The second-order valence-corrected chi connectivity index (χ2v) is 4.94. The summed E-state index contributed by atoms with van der Waals surface area (Å²) in [7, 11) is 0. The number of nitrogens with zero attached hydrogens (tertiary/aromatic N) is 1. The van der Waals surface area contributed by atoms with Crippen molar-refractivity contribution in [2.45, 2.75) is 27.2 Å². The third-order valence-corrected chi connectivity index (χ3v) is 3.06. The molecule has 2 aromatic rings. The highest BCUT2D eigenvalue weighted by Gasteiger charge is 2.07. The maximum Gasteiger partial charge on any atom is 0.257 e. The van der Waals surface area contributed by atoms with Crippen LogP contribution in [0.15, 0.2) is 28.7 Å². The monoisotopic (exact) mass is 288 g/mol. The lowest BCUT2D eigenvalue weighted by atomic mass is 10.2. The van der Waals surface area contributed by atoms with Crippen molar-refractivity contribution in [2.75, 3.05) is 13.2 Å². The molecule has 0 saturated carbocycles. The number of nitrogens with one attached hydrogen (secondary N) is 1. The van der Waals surface area contributed by atoms with Gasteiger partial charge in [-0.3, -0.25) is 4.79 Å². The first-order valence-electron chi connectivity index (χ1n) is 6.93. The van der Waals surface area contributed by atoms with Crippen LogP contribution in [0.5, 0.6) is 5.75 Å². The van der Waals surface area contributed by atoms with Crippen LogP contribution in [0, 0.1) is 20.8 Å². The molecule has 0 saturated heterocycles. The van der Waals surface area contributed by atoms with Gasteiger partial charge in [-0.2, -0.15) is 0 Å². The number of aromatic nitrogens is 1. The predicted octanol–water partition coefficient (Wildman–Crippen LogP) is 2.34. The van der Waals surface area contributed by atoms with Gasteiger partial charge in [0.25, 0.3) is 5.91 Å². The van der Waals surface area contributed by atoms with Crippen LogP contribution in [0.3, 0.4) is 0 Å².